The van der Waals surface area contributed by atoms with Crippen molar-refractivity contribution in [1.82, 2.24) is 5.32 Å². The molecule has 0 aliphatic carbocycles. The quantitative estimate of drug-likeness (QED) is 0.864. The lowest BCUT2D eigenvalue weighted by Gasteiger charge is -2.26. The van der Waals surface area contributed by atoms with Crippen LogP contribution in [0.15, 0.2) is 23.1 Å². The van der Waals surface area contributed by atoms with Gasteiger partial charge in [-0.15, -0.1) is 0 Å². The van der Waals surface area contributed by atoms with Crippen molar-refractivity contribution in [2.75, 3.05) is 0 Å². The summed E-state index contributed by atoms with van der Waals surface area (Å²) in [6.45, 7) is 5.86. The third-order valence-electron chi connectivity index (χ3n) is 3.67. The number of carbonyl (C=O) groups is 1. The second kappa shape index (κ2) is 5.31. The predicted octanol–water partition coefficient (Wildman–Crippen LogP) is 0.942. The zero-order valence-corrected chi connectivity index (χ0v) is 13.2. The molecule has 1 unspecified atom stereocenters. The molecule has 1 aromatic carbocycles. The van der Waals surface area contributed by atoms with E-state index in [-0.39, 0.29) is 16.3 Å². The van der Waals surface area contributed by atoms with Crippen LogP contribution >= 0.6 is 0 Å². The molecule has 1 aliphatic heterocycles. The first-order chi connectivity index (χ1) is 9.62. The van der Waals surface area contributed by atoms with Gasteiger partial charge in [0.05, 0.1) is 4.90 Å². The third-order valence-corrected chi connectivity index (χ3v) is 4.58. The first kappa shape index (κ1) is 15.8. The fourth-order valence-corrected chi connectivity index (χ4v) is 2.61. The highest BCUT2D eigenvalue weighted by molar-refractivity contribution is 7.89. The lowest BCUT2D eigenvalue weighted by atomic mass is 10.0. The summed E-state index contributed by atoms with van der Waals surface area (Å²) in [5.74, 6) is 0.326. The average molecular weight is 312 g/mol. The van der Waals surface area contributed by atoms with E-state index in [1.165, 1.54) is 18.2 Å². The second-order valence-electron chi connectivity index (χ2n) is 5.85. The summed E-state index contributed by atoms with van der Waals surface area (Å²) in [7, 11) is -3.75. The largest absolute Gasteiger partial charge is 0.480 e. The molecule has 0 spiro atoms. The Kier molecular flexibility index (Phi) is 3.99. The van der Waals surface area contributed by atoms with E-state index in [1.807, 2.05) is 20.8 Å². The molecule has 0 saturated carbocycles. The van der Waals surface area contributed by atoms with Crippen molar-refractivity contribution in [3.63, 3.8) is 0 Å². The molecule has 21 heavy (non-hydrogen) atoms. The van der Waals surface area contributed by atoms with E-state index in [0.29, 0.717) is 17.7 Å². The van der Waals surface area contributed by atoms with Gasteiger partial charge in [0.25, 0.3) is 5.91 Å². The number of carbonyl (C=O) groups excluding carboxylic acids is 1. The van der Waals surface area contributed by atoms with E-state index >= 15 is 0 Å². The Morgan fingerprint density at radius 3 is 2.71 bits per heavy atom. The third kappa shape index (κ3) is 3.54. The normalized spacial score (nSPS) is 18.0. The molecular formula is C14H20N2O4S. The number of ether oxygens (including phenoxy) is 1. The van der Waals surface area contributed by atoms with Gasteiger partial charge in [-0.05, 0) is 44.0 Å². The van der Waals surface area contributed by atoms with Crippen molar-refractivity contribution in [3.8, 4) is 5.75 Å². The van der Waals surface area contributed by atoms with Gasteiger partial charge in [0.1, 0.15) is 5.75 Å². The van der Waals surface area contributed by atoms with E-state index in [1.54, 1.807) is 0 Å². The number of hydrogen-bond acceptors (Lipinski definition) is 4. The van der Waals surface area contributed by atoms with E-state index < -0.39 is 16.1 Å². The maximum Gasteiger partial charge on any atom is 0.261 e. The number of amides is 1. The molecule has 1 heterocycles. The predicted molar refractivity (Wildman–Crippen MR) is 78.4 cm³/mol. The van der Waals surface area contributed by atoms with Crippen LogP contribution in [0.25, 0.3) is 0 Å². The summed E-state index contributed by atoms with van der Waals surface area (Å²) in [4.78, 5) is 12.2. The number of fused-ring (bicyclic) bond motifs is 1. The SMILES string of the molecule is CCC(C)(C)NC(=O)C1Cc2cc(S(N)(=O)=O)ccc2O1. The van der Waals surface area contributed by atoms with Crippen LogP contribution in [0.4, 0.5) is 0 Å². The second-order valence-corrected chi connectivity index (χ2v) is 7.41. The van der Waals surface area contributed by atoms with Crippen molar-refractivity contribution >= 4 is 15.9 Å². The van der Waals surface area contributed by atoms with Crippen LogP contribution in [-0.4, -0.2) is 26.0 Å². The Balaban J connectivity index is 2.15. The lowest BCUT2D eigenvalue weighted by molar-refractivity contribution is -0.128. The summed E-state index contributed by atoms with van der Waals surface area (Å²) in [5, 5.41) is 8.02. The van der Waals surface area contributed by atoms with E-state index in [0.717, 1.165) is 6.42 Å². The van der Waals surface area contributed by atoms with Crippen LogP contribution < -0.4 is 15.2 Å². The van der Waals surface area contributed by atoms with Crippen molar-refractivity contribution < 1.29 is 17.9 Å². The van der Waals surface area contributed by atoms with Gasteiger partial charge in [0, 0.05) is 12.0 Å². The minimum Gasteiger partial charge on any atom is -0.480 e. The fourth-order valence-electron chi connectivity index (χ4n) is 2.05. The Hall–Kier alpha value is -1.60. The summed E-state index contributed by atoms with van der Waals surface area (Å²) in [5.41, 5.74) is 0.372. The van der Waals surface area contributed by atoms with Crippen LogP contribution in [0, 0.1) is 0 Å². The van der Waals surface area contributed by atoms with Gasteiger partial charge in [0.15, 0.2) is 6.10 Å². The number of sulfonamides is 1. The summed E-state index contributed by atoms with van der Waals surface area (Å²) in [6.07, 6.45) is 0.500. The Morgan fingerprint density at radius 2 is 2.14 bits per heavy atom. The number of nitrogens with two attached hydrogens (primary N) is 1. The molecule has 116 valence electrons. The first-order valence-electron chi connectivity index (χ1n) is 6.77. The number of primary sulfonamides is 1. The topological polar surface area (TPSA) is 98.5 Å². The Morgan fingerprint density at radius 1 is 1.48 bits per heavy atom. The van der Waals surface area contributed by atoms with Crippen molar-refractivity contribution in [2.24, 2.45) is 5.14 Å². The highest BCUT2D eigenvalue weighted by Crippen LogP contribution is 2.31. The molecule has 0 bridgehead atoms. The molecule has 7 heteroatoms. The number of hydrogen-bond donors (Lipinski definition) is 2. The molecule has 2 rings (SSSR count). The molecule has 0 saturated heterocycles. The Bertz CT molecular complexity index is 668. The molecule has 0 fully saturated rings. The molecule has 0 radical (unpaired) electrons. The maximum atomic E-state index is 12.2. The van der Waals surface area contributed by atoms with Gasteiger partial charge in [0.2, 0.25) is 10.0 Å². The van der Waals surface area contributed by atoms with Crippen LogP contribution in [-0.2, 0) is 21.2 Å². The van der Waals surface area contributed by atoms with E-state index in [4.69, 9.17) is 9.88 Å². The fraction of sp³-hybridized carbons (Fsp3) is 0.500. The van der Waals surface area contributed by atoms with Gasteiger partial charge in [-0.25, -0.2) is 13.6 Å². The maximum absolute atomic E-state index is 12.2. The van der Waals surface area contributed by atoms with Gasteiger partial charge in [-0.2, -0.15) is 0 Å². The zero-order chi connectivity index (χ0) is 15.8. The van der Waals surface area contributed by atoms with Gasteiger partial charge in [-0.3, -0.25) is 4.79 Å². The standard InChI is InChI=1S/C14H20N2O4S/c1-4-14(2,3)16-13(17)12-8-9-7-10(21(15,18)19)5-6-11(9)20-12/h5-7,12H,4,8H2,1-3H3,(H,16,17)(H2,15,18,19). The van der Waals surface area contributed by atoms with Crippen molar-refractivity contribution in [1.29, 1.82) is 0 Å². The van der Waals surface area contributed by atoms with Crippen LogP contribution in [0.5, 0.6) is 5.75 Å². The monoisotopic (exact) mass is 312 g/mol. The highest BCUT2D eigenvalue weighted by atomic mass is 32.2. The Labute approximate surface area is 124 Å². The van der Waals surface area contributed by atoms with Crippen molar-refractivity contribution in [2.45, 2.75) is 50.2 Å². The zero-order valence-electron chi connectivity index (χ0n) is 12.3. The smallest absolute Gasteiger partial charge is 0.261 e. The molecule has 6 nitrogen and oxygen atoms in total. The summed E-state index contributed by atoms with van der Waals surface area (Å²) >= 11 is 0. The van der Waals surface area contributed by atoms with Gasteiger partial charge >= 0.3 is 0 Å². The molecule has 3 N–H and O–H groups in total. The van der Waals surface area contributed by atoms with Gasteiger partial charge in [-0.1, -0.05) is 6.92 Å². The summed E-state index contributed by atoms with van der Waals surface area (Å²) in [6, 6.07) is 4.38. The molecule has 1 atom stereocenters. The minimum atomic E-state index is -3.75. The number of nitrogens with one attached hydrogen (secondary N) is 1. The number of rotatable bonds is 4. The molecule has 1 aliphatic rings. The lowest BCUT2D eigenvalue weighted by Crippen LogP contribution is -2.48. The van der Waals surface area contributed by atoms with Crippen LogP contribution in [0.3, 0.4) is 0 Å². The van der Waals surface area contributed by atoms with Crippen molar-refractivity contribution in [3.05, 3.63) is 23.8 Å². The first-order valence-corrected chi connectivity index (χ1v) is 8.31. The van der Waals surface area contributed by atoms with Crippen LogP contribution in [0.1, 0.15) is 32.8 Å². The minimum absolute atomic E-state index is 0.0276. The molecular weight excluding hydrogens is 292 g/mol. The average Bonchev–Trinajstić information content (AvgIpc) is 2.80. The molecule has 1 aromatic rings. The van der Waals surface area contributed by atoms with E-state index in [9.17, 15) is 13.2 Å². The molecule has 0 aromatic heterocycles. The number of benzene rings is 1. The summed E-state index contributed by atoms with van der Waals surface area (Å²) < 4.78 is 28.2. The van der Waals surface area contributed by atoms with Crippen LogP contribution in [0.2, 0.25) is 0 Å². The highest BCUT2D eigenvalue weighted by Gasteiger charge is 2.32. The van der Waals surface area contributed by atoms with E-state index in [2.05, 4.69) is 5.32 Å². The molecule has 1 amide bonds. The van der Waals surface area contributed by atoms with Gasteiger partial charge < -0.3 is 10.1 Å².